The highest BCUT2D eigenvalue weighted by atomic mass is 16.3. The average Bonchev–Trinajstić information content (AvgIpc) is 2.48. The second-order valence-electron chi connectivity index (χ2n) is 5.68. The molecule has 0 saturated carbocycles. The van der Waals surface area contributed by atoms with E-state index in [2.05, 4.69) is 14.9 Å². The van der Waals surface area contributed by atoms with Gasteiger partial charge in [-0.2, -0.15) is 0 Å². The molecule has 1 fully saturated rings. The van der Waals surface area contributed by atoms with Crippen molar-refractivity contribution in [3.8, 4) is 0 Å². The number of aliphatic hydroxyl groups excluding tert-OH is 1. The molecular weight excluding hydrogens is 238 g/mol. The molecule has 1 saturated heterocycles. The fraction of sp³-hybridized carbons (Fsp3) is 0.733. The van der Waals surface area contributed by atoms with Gasteiger partial charge in [-0.3, -0.25) is 0 Å². The lowest BCUT2D eigenvalue weighted by atomic mass is 9.94. The zero-order valence-corrected chi connectivity index (χ0v) is 11.5. The number of hydrogen-bond acceptors (Lipinski definition) is 4. The minimum atomic E-state index is 0.272. The maximum Gasteiger partial charge on any atom is 0.135 e. The van der Waals surface area contributed by atoms with E-state index in [1.807, 2.05) is 0 Å². The second-order valence-corrected chi connectivity index (χ2v) is 5.68. The van der Waals surface area contributed by atoms with E-state index in [4.69, 9.17) is 0 Å². The Morgan fingerprint density at radius 1 is 1.16 bits per heavy atom. The second kappa shape index (κ2) is 5.87. The molecule has 104 valence electrons. The number of aromatic nitrogens is 2. The van der Waals surface area contributed by atoms with Gasteiger partial charge >= 0.3 is 0 Å². The first-order valence-electron chi connectivity index (χ1n) is 7.60. The molecule has 0 radical (unpaired) electrons. The Hall–Kier alpha value is -1.16. The molecule has 1 aliphatic heterocycles. The molecule has 1 N–H and O–H groups in total. The molecular formula is C15H23N3O. The van der Waals surface area contributed by atoms with Gasteiger partial charge in [-0.15, -0.1) is 0 Å². The third-order valence-electron chi connectivity index (χ3n) is 4.46. The van der Waals surface area contributed by atoms with Gasteiger partial charge in [-0.25, -0.2) is 9.97 Å². The SMILES string of the molecule is OCCC1CCCCN1c1ncnc2c1CCCC2. The van der Waals surface area contributed by atoms with Crippen molar-refractivity contribution in [2.24, 2.45) is 0 Å². The molecule has 1 aromatic rings. The monoisotopic (exact) mass is 261 g/mol. The quantitative estimate of drug-likeness (QED) is 0.905. The van der Waals surface area contributed by atoms with Crippen molar-refractivity contribution < 1.29 is 5.11 Å². The Bertz CT molecular complexity index is 433. The van der Waals surface area contributed by atoms with Crippen LogP contribution in [-0.2, 0) is 12.8 Å². The summed E-state index contributed by atoms with van der Waals surface area (Å²) < 4.78 is 0. The summed E-state index contributed by atoms with van der Waals surface area (Å²) in [5, 5.41) is 9.26. The topological polar surface area (TPSA) is 49.2 Å². The maximum atomic E-state index is 9.26. The van der Waals surface area contributed by atoms with Crippen molar-refractivity contribution in [1.29, 1.82) is 0 Å². The van der Waals surface area contributed by atoms with Gasteiger partial charge in [0.05, 0.1) is 0 Å². The van der Waals surface area contributed by atoms with E-state index >= 15 is 0 Å². The fourth-order valence-electron chi connectivity index (χ4n) is 3.48. The van der Waals surface area contributed by atoms with Gasteiger partial charge in [0.25, 0.3) is 0 Å². The van der Waals surface area contributed by atoms with E-state index in [0.29, 0.717) is 6.04 Å². The number of rotatable bonds is 3. The van der Waals surface area contributed by atoms with Crippen LogP contribution in [0.5, 0.6) is 0 Å². The van der Waals surface area contributed by atoms with Crippen LogP contribution in [0.15, 0.2) is 6.33 Å². The van der Waals surface area contributed by atoms with Gasteiger partial charge in [0.2, 0.25) is 0 Å². The Morgan fingerprint density at radius 3 is 2.95 bits per heavy atom. The molecule has 1 aromatic heterocycles. The number of fused-ring (bicyclic) bond motifs is 1. The maximum absolute atomic E-state index is 9.26. The summed E-state index contributed by atoms with van der Waals surface area (Å²) in [6, 6.07) is 0.458. The van der Waals surface area contributed by atoms with E-state index in [0.717, 1.165) is 31.6 Å². The normalized spacial score (nSPS) is 23.2. The molecule has 19 heavy (non-hydrogen) atoms. The van der Waals surface area contributed by atoms with Crippen LogP contribution in [0.4, 0.5) is 5.82 Å². The fourth-order valence-corrected chi connectivity index (χ4v) is 3.48. The number of aliphatic hydroxyl groups is 1. The van der Waals surface area contributed by atoms with Crippen molar-refractivity contribution in [3.63, 3.8) is 0 Å². The molecule has 4 heteroatoms. The zero-order chi connectivity index (χ0) is 13.1. The first kappa shape index (κ1) is 12.9. The van der Waals surface area contributed by atoms with E-state index < -0.39 is 0 Å². The summed E-state index contributed by atoms with van der Waals surface area (Å²) in [5.41, 5.74) is 2.63. The van der Waals surface area contributed by atoms with Gasteiger partial charge in [0.15, 0.2) is 0 Å². The highest BCUT2D eigenvalue weighted by Crippen LogP contribution is 2.31. The molecule has 2 heterocycles. The van der Waals surface area contributed by atoms with Crippen molar-refractivity contribution in [1.82, 2.24) is 9.97 Å². The minimum absolute atomic E-state index is 0.272. The predicted octanol–water partition coefficient (Wildman–Crippen LogP) is 2.10. The van der Waals surface area contributed by atoms with Gasteiger partial charge < -0.3 is 10.0 Å². The Balaban J connectivity index is 1.91. The molecule has 2 aliphatic rings. The summed E-state index contributed by atoms with van der Waals surface area (Å²) >= 11 is 0. The molecule has 0 aromatic carbocycles. The van der Waals surface area contributed by atoms with E-state index in [1.165, 1.54) is 43.4 Å². The third kappa shape index (κ3) is 2.59. The average molecular weight is 261 g/mol. The summed E-state index contributed by atoms with van der Waals surface area (Å²) in [5.74, 6) is 1.16. The van der Waals surface area contributed by atoms with Crippen LogP contribution in [0.25, 0.3) is 0 Å². The molecule has 3 rings (SSSR count). The van der Waals surface area contributed by atoms with E-state index in [-0.39, 0.29) is 6.61 Å². The first-order chi connectivity index (χ1) is 9.40. The number of hydrogen-bond donors (Lipinski definition) is 1. The summed E-state index contributed by atoms with van der Waals surface area (Å²) in [6.07, 6.45) is 11.0. The number of aryl methyl sites for hydroxylation is 1. The van der Waals surface area contributed by atoms with Crippen LogP contribution in [0, 0.1) is 0 Å². The Kier molecular flexibility index (Phi) is 3.97. The highest BCUT2D eigenvalue weighted by Gasteiger charge is 2.27. The molecule has 1 unspecified atom stereocenters. The van der Waals surface area contributed by atoms with Crippen LogP contribution in [0.3, 0.4) is 0 Å². The first-order valence-corrected chi connectivity index (χ1v) is 7.60. The summed E-state index contributed by atoms with van der Waals surface area (Å²) in [6.45, 7) is 1.35. The minimum Gasteiger partial charge on any atom is -0.396 e. The van der Waals surface area contributed by atoms with Gasteiger partial charge in [0.1, 0.15) is 12.1 Å². The van der Waals surface area contributed by atoms with E-state index in [9.17, 15) is 5.11 Å². The van der Waals surface area contributed by atoms with Crippen LogP contribution in [0.2, 0.25) is 0 Å². The lowest BCUT2D eigenvalue weighted by Crippen LogP contribution is -2.41. The van der Waals surface area contributed by atoms with E-state index in [1.54, 1.807) is 6.33 Å². The van der Waals surface area contributed by atoms with Crippen molar-refractivity contribution >= 4 is 5.82 Å². The summed E-state index contributed by atoms with van der Waals surface area (Å²) in [4.78, 5) is 11.5. The van der Waals surface area contributed by atoms with Gasteiger partial charge in [-0.1, -0.05) is 0 Å². The lowest BCUT2D eigenvalue weighted by Gasteiger charge is -2.38. The van der Waals surface area contributed by atoms with Crippen molar-refractivity contribution in [3.05, 3.63) is 17.6 Å². The van der Waals surface area contributed by atoms with Crippen LogP contribution in [-0.4, -0.2) is 34.3 Å². The van der Waals surface area contributed by atoms with Crippen LogP contribution in [0.1, 0.15) is 49.8 Å². The van der Waals surface area contributed by atoms with Crippen molar-refractivity contribution in [2.75, 3.05) is 18.1 Å². The molecule has 1 atom stereocenters. The van der Waals surface area contributed by atoms with Crippen LogP contribution >= 0.6 is 0 Å². The lowest BCUT2D eigenvalue weighted by molar-refractivity contribution is 0.262. The van der Waals surface area contributed by atoms with Crippen molar-refractivity contribution in [2.45, 2.75) is 57.4 Å². The smallest absolute Gasteiger partial charge is 0.135 e. The van der Waals surface area contributed by atoms with Gasteiger partial charge in [-0.05, 0) is 51.4 Å². The molecule has 1 aliphatic carbocycles. The highest BCUT2D eigenvalue weighted by molar-refractivity contribution is 5.50. The molecule has 4 nitrogen and oxygen atoms in total. The Labute approximate surface area is 114 Å². The number of nitrogens with zero attached hydrogens (tertiary/aromatic N) is 3. The van der Waals surface area contributed by atoms with Gasteiger partial charge in [0, 0.05) is 30.5 Å². The summed E-state index contributed by atoms with van der Waals surface area (Å²) in [7, 11) is 0. The number of piperidine rings is 1. The third-order valence-corrected chi connectivity index (χ3v) is 4.46. The molecule has 0 spiro atoms. The predicted molar refractivity (Wildman–Crippen MR) is 75.4 cm³/mol. The largest absolute Gasteiger partial charge is 0.396 e. The zero-order valence-electron chi connectivity index (χ0n) is 11.5. The molecule has 0 amide bonds. The standard InChI is InChI=1S/C15H23N3O/c19-10-8-12-5-3-4-9-18(12)15-13-6-1-2-7-14(13)16-11-17-15/h11-12,19H,1-10H2. The number of anilines is 1. The Morgan fingerprint density at radius 2 is 2.05 bits per heavy atom. The van der Waals surface area contributed by atoms with Crippen LogP contribution < -0.4 is 4.90 Å². The molecule has 0 bridgehead atoms.